The monoisotopic (exact) mass is 450 g/mol. The SMILES string of the molecule is Cc1sc(NC(=O)C2=NN(C3CCS(=O)(=O)C3)C(=O)CC2)nc1-c1ccc(F)cc1. The lowest BCUT2D eigenvalue weighted by molar-refractivity contribution is -0.133. The third kappa shape index (κ3) is 4.26. The molecule has 2 aliphatic rings. The molecule has 2 amide bonds. The van der Waals surface area contributed by atoms with Crippen LogP contribution in [0.1, 0.15) is 24.1 Å². The van der Waals surface area contributed by atoms with Crippen LogP contribution in [0.25, 0.3) is 11.3 Å². The van der Waals surface area contributed by atoms with Gasteiger partial charge in [0.05, 0.1) is 23.2 Å². The fraction of sp³-hybridized carbons (Fsp3) is 0.368. The maximum Gasteiger partial charge on any atom is 0.273 e. The number of amides is 2. The van der Waals surface area contributed by atoms with E-state index in [0.717, 1.165) is 15.4 Å². The Labute approximate surface area is 176 Å². The van der Waals surface area contributed by atoms with Gasteiger partial charge in [-0.1, -0.05) is 0 Å². The smallest absolute Gasteiger partial charge is 0.273 e. The number of rotatable bonds is 4. The second-order valence-corrected chi connectivity index (χ2v) is 10.7. The van der Waals surface area contributed by atoms with Crippen molar-refractivity contribution in [1.29, 1.82) is 0 Å². The van der Waals surface area contributed by atoms with Gasteiger partial charge in [-0.2, -0.15) is 5.10 Å². The molecule has 30 heavy (non-hydrogen) atoms. The van der Waals surface area contributed by atoms with Gasteiger partial charge in [-0.3, -0.25) is 14.9 Å². The van der Waals surface area contributed by atoms with Crippen LogP contribution in [-0.2, 0) is 19.4 Å². The Hall–Kier alpha value is -2.66. The standard InChI is InChI=1S/C19H19FN4O4S2/c1-11-17(12-2-4-13(20)5-3-12)21-19(29-11)22-18(26)15-6-7-16(25)24(23-15)14-8-9-30(27,28)10-14/h2-5,14H,6-10H2,1H3,(H,21,22,26). The number of aryl methyl sites for hydroxylation is 1. The molecule has 11 heteroatoms. The molecule has 1 unspecified atom stereocenters. The molecule has 8 nitrogen and oxygen atoms in total. The first-order valence-corrected chi connectivity index (χ1v) is 12.0. The van der Waals surface area contributed by atoms with E-state index in [2.05, 4.69) is 15.4 Å². The summed E-state index contributed by atoms with van der Waals surface area (Å²) in [6, 6.07) is 5.40. The number of carbonyl (C=O) groups is 2. The second kappa shape index (κ2) is 7.88. The summed E-state index contributed by atoms with van der Waals surface area (Å²) >= 11 is 1.28. The quantitative estimate of drug-likeness (QED) is 0.769. The first kappa shape index (κ1) is 20.6. The molecular formula is C19H19FN4O4S2. The van der Waals surface area contributed by atoms with Gasteiger partial charge in [0, 0.05) is 23.3 Å². The molecule has 1 fully saturated rings. The van der Waals surface area contributed by atoms with E-state index in [9.17, 15) is 22.4 Å². The summed E-state index contributed by atoms with van der Waals surface area (Å²) < 4.78 is 36.6. The molecule has 1 saturated heterocycles. The number of halogens is 1. The highest BCUT2D eigenvalue weighted by Gasteiger charge is 2.37. The van der Waals surface area contributed by atoms with Crippen LogP contribution in [0.4, 0.5) is 9.52 Å². The van der Waals surface area contributed by atoms with Crippen LogP contribution in [0, 0.1) is 12.7 Å². The van der Waals surface area contributed by atoms with E-state index in [1.54, 1.807) is 12.1 Å². The molecule has 1 aromatic carbocycles. The fourth-order valence-corrected chi connectivity index (χ4v) is 6.01. The molecule has 1 N–H and O–H groups in total. The lowest BCUT2D eigenvalue weighted by atomic mass is 10.1. The number of anilines is 1. The highest BCUT2D eigenvalue weighted by atomic mass is 32.2. The molecule has 3 heterocycles. The number of hydrogen-bond acceptors (Lipinski definition) is 7. The van der Waals surface area contributed by atoms with Crippen molar-refractivity contribution in [3.63, 3.8) is 0 Å². The number of benzene rings is 1. The van der Waals surface area contributed by atoms with Gasteiger partial charge in [-0.05, 0) is 37.6 Å². The van der Waals surface area contributed by atoms with Crippen molar-refractivity contribution in [2.75, 3.05) is 16.8 Å². The number of sulfone groups is 1. The zero-order chi connectivity index (χ0) is 21.5. The summed E-state index contributed by atoms with van der Waals surface area (Å²) in [5.74, 6) is -1.22. The largest absolute Gasteiger partial charge is 0.297 e. The highest BCUT2D eigenvalue weighted by Crippen LogP contribution is 2.30. The van der Waals surface area contributed by atoms with Crippen LogP contribution in [0.15, 0.2) is 29.4 Å². The van der Waals surface area contributed by atoms with Crippen LogP contribution in [0.3, 0.4) is 0 Å². The molecule has 0 bridgehead atoms. The number of nitrogens with zero attached hydrogens (tertiary/aromatic N) is 3. The van der Waals surface area contributed by atoms with Gasteiger partial charge in [0.1, 0.15) is 11.5 Å². The molecule has 0 spiro atoms. The van der Waals surface area contributed by atoms with E-state index in [1.807, 2.05) is 6.92 Å². The van der Waals surface area contributed by atoms with Crippen molar-refractivity contribution in [2.24, 2.45) is 5.10 Å². The van der Waals surface area contributed by atoms with E-state index in [4.69, 9.17) is 0 Å². The lowest BCUT2D eigenvalue weighted by Crippen LogP contribution is -2.42. The second-order valence-electron chi connectivity index (χ2n) is 7.23. The minimum Gasteiger partial charge on any atom is -0.297 e. The number of hydrogen-bond donors (Lipinski definition) is 1. The Morgan fingerprint density at radius 1 is 1.27 bits per heavy atom. The van der Waals surface area contributed by atoms with E-state index in [-0.39, 0.29) is 41.8 Å². The molecule has 158 valence electrons. The minimum atomic E-state index is -3.18. The van der Waals surface area contributed by atoms with Gasteiger partial charge in [-0.25, -0.2) is 22.8 Å². The molecular weight excluding hydrogens is 431 g/mol. The van der Waals surface area contributed by atoms with Crippen LogP contribution >= 0.6 is 11.3 Å². The maximum atomic E-state index is 13.2. The number of thiazole rings is 1. The van der Waals surface area contributed by atoms with Gasteiger partial charge in [0.25, 0.3) is 5.91 Å². The maximum absolute atomic E-state index is 13.2. The van der Waals surface area contributed by atoms with Gasteiger partial charge in [-0.15, -0.1) is 11.3 Å². The first-order valence-electron chi connectivity index (χ1n) is 9.36. The summed E-state index contributed by atoms with van der Waals surface area (Å²) in [5.41, 5.74) is 1.55. The van der Waals surface area contributed by atoms with Crippen LogP contribution < -0.4 is 5.32 Å². The minimum absolute atomic E-state index is 0.0169. The van der Waals surface area contributed by atoms with Gasteiger partial charge in [0.2, 0.25) is 5.91 Å². The third-order valence-electron chi connectivity index (χ3n) is 5.01. The van der Waals surface area contributed by atoms with E-state index >= 15 is 0 Å². The summed E-state index contributed by atoms with van der Waals surface area (Å²) in [6.45, 7) is 1.85. The molecule has 1 aromatic heterocycles. The molecule has 0 saturated carbocycles. The molecule has 0 aliphatic carbocycles. The topological polar surface area (TPSA) is 109 Å². The van der Waals surface area contributed by atoms with Gasteiger partial charge >= 0.3 is 0 Å². The van der Waals surface area contributed by atoms with Gasteiger partial charge in [0.15, 0.2) is 15.0 Å². The molecule has 2 aromatic rings. The van der Waals surface area contributed by atoms with Crippen LogP contribution in [-0.4, -0.2) is 53.5 Å². The Bertz CT molecular complexity index is 1140. The average molecular weight is 451 g/mol. The van der Waals surface area contributed by atoms with E-state index < -0.39 is 21.8 Å². The van der Waals surface area contributed by atoms with Gasteiger partial charge < -0.3 is 0 Å². The Kier molecular flexibility index (Phi) is 5.41. The third-order valence-corrected chi connectivity index (χ3v) is 7.65. The normalized spacial score (nSPS) is 20.9. The molecule has 1 atom stereocenters. The Morgan fingerprint density at radius 2 is 2.00 bits per heavy atom. The molecule has 4 rings (SSSR count). The average Bonchev–Trinajstić information content (AvgIpc) is 3.24. The number of aromatic nitrogens is 1. The number of nitrogens with one attached hydrogen (secondary N) is 1. The molecule has 0 radical (unpaired) electrons. The lowest BCUT2D eigenvalue weighted by Gasteiger charge is -2.27. The van der Waals surface area contributed by atoms with Crippen LogP contribution in [0.2, 0.25) is 0 Å². The highest BCUT2D eigenvalue weighted by molar-refractivity contribution is 7.91. The zero-order valence-corrected chi connectivity index (χ0v) is 17.7. The Balaban J connectivity index is 1.51. The van der Waals surface area contributed by atoms with Crippen molar-refractivity contribution in [2.45, 2.75) is 32.2 Å². The van der Waals surface area contributed by atoms with Crippen molar-refractivity contribution in [1.82, 2.24) is 9.99 Å². The summed E-state index contributed by atoms with van der Waals surface area (Å²) in [5, 5.41) is 8.39. The summed E-state index contributed by atoms with van der Waals surface area (Å²) in [7, 11) is -3.18. The van der Waals surface area contributed by atoms with Crippen molar-refractivity contribution in [3.05, 3.63) is 35.0 Å². The van der Waals surface area contributed by atoms with Crippen LogP contribution in [0.5, 0.6) is 0 Å². The summed E-state index contributed by atoms with van der Waals surface area (Å²) in [4.78, 5) is 30.2. The Morgan fingerprint density at radius 3 is 2.67 bits per heavy atom. The predicted molar refractivity (Wildman–Crippen MR) is 111 cm³/mol. The predicted octanol–water partition coefficient (Wildman–Crippen LogP) is 2.36. The zero-order valence-electron chi connectivity index (χ0n) is 16.1. The fourth-order valence-electron chi connectivity index (χ4n) is 3.48. The first-order chi connectivity index (χ1) is 14.2. The number of carbonyl (C=O) groups excluding carboxylic acids is 2. The number of hydrazone groups is 1. The van der Waals surface area contributed by atoms with Crippen molar-refractivity contribution in [3.8, 4) is 11.3 Å². The van der Waals surface area contributed by atoms with Crippen molar-refractivity contribution < 1.29 is 22.4 Å². The van der Waals surface area contributed by atoms with E-state index in [0.29, 0.717) is 17.2 Å². The van der Waals surface area contributed by atoms with Crippen molar-refractivity contribution >= 4 is 43.8 Å². The molecule has 2 aliphatic heterocycles. The van der Waals surface area contributed by atoms with E-state index in [1.165, 1.54) is 23.5 Å². The summed E-state index contributed by atoms with van der Waals surface area (Å²) in [6.07, 6.45) is 0.593.